The fourth-order valence-electron chi connectivity index (χ4n) is 4.12. The van der Waals surface area contributed by atoms with Crippen LogP contribution in [-0.2, 0) is 11.2 Å². The number of morpholine rings is 1. The van der Waals surface area contributed by atoms with Crippen molar-refractivity contribution >= 4 is 0 Å². The normalized spacial score (nSPS) is 22.0. The van der Waals surface area contributed by atoms with E-state index in [2.05, 4.69) is 23.6 Å². The first-order valence-electron chi connectivity index (χ1n) is 9.32. The summed E-state index contributed by atoms with van der Waals surface area (Å²) >= 11 is 0. The van der Waals surface area contributed by atoms with Gasteiger partial charge in [0.1, 0.15) is 5.82 Å². The van der Waals surface area contributed by atoms with E-state index in [9.17, 15) is 4.39 Å². The van der Waals surface area contributed by atoms with Gasteiger partial charge >= 0.3 is 0 Å². The predicted octanol–water partition coefficient (Wildman–Crippen LogP) is 3.19. The van der Waals surface area contributed by atoms with Crippen molar-refractivity contribution in [1.29, 1.82) is 0 Å². The summed E-state index contributed by atoms with van der Waals surface area (Å²) in [5, 5.41) is 0. The van der Waals surface area contributed by atoms with E-state index in [0.29, 0.717) is 0 Å². The molecule has 0 aliphatic carbocycles. The fourth-order valence-corrected chi connectivity index (χ4v) is 4.12. The van der Waals surface area contributed by atoms with Crippen molar-refractivity contribution in [2.75, 3.05) is 45.9 Å². The van der Waals surface area contributed by atoms with Gasteiger partial charge in [-0.3, -0.25) is 4.90 Å². The Morgan fingerprint density at radius 1 is 1.04 bits per heavy atom. The number of halogens is 1. The van der Waals surface area contributed by atoms with Crippen molar-refractivity contribution in [3.63, 3.8) is 0 Å². The molecule has 0 unspecified atom stereocenters. The summed E-state index contributed by atoms with van der Waals surface area (Å²) in [6.07, 6.45) is 3.58. The molecule has 1 aromatic rings. The third-order valence-electron chi connectivity index (χ3n) is 5.62. The van der Waals surface area contributed by atoms with E-state index in [1.165, 1.54) is 31.5 Å². The first-order chi connectivity index (χ1) is 11.5. The van der Waals surface area contributed by atoms with E-state index < -0.39 is 0 Å². The number of piperidine rings is 1. The van der Waals surface area contributed by atoms with Crippen molar-refractivity contribution in [2.45, 2.75) is 38.6 Å². The van der Waals surface area contributed by atoms with Crippen LogP contribution < -0.4 is 0 Å². The monoisotopic (exact) mass is 334 g/mol. The van der Waals surface area contributed by atoms with Gasteiger partial charge in [-0.1, -0.05) is 12.1 Å². The molecule has 0 aromatic heterocycles. The lowest BCUT2D eigenvalue weighted by molar-refractivity contribution is -0.0247. The van der Waals surface area contributed by atoms with Gasteiger partial charge < -0.3 is 9.64 Å². The molecule has 0 N–H and O–H groups in total. The highest BCUT2D eigenvalue weighted by molar-refractivity contribution is 5.16. The van der Waals surface area contributed by atoms with Crippen LogP contribution in [0.1, 0.15) is 32.3 Å². The van der Waals surface area contributed by atoms with Crippen LogP contribution in [0.4, 0.5) is 4.39 Å². The van der Waals surface area contributed by atoms with Crippen molar-refractivity contribution in [3.8, 4) is 0 Å². The third kappa shape index (κ3) is 4.78. The molecule has 0 amide bonds. The second-order valence-electron chi connectivity index (χ2n) is 7.96. The molecule has 0 spiro atoms. The Hall–Kier alpha value is -0.970. The molecular weight excluding hydrogens is 303 g/mol. The molecule has 2 fully saturated rings. The summed E-state index contributed by atoms with van der Waals surface area (Å²) in [4.78, 5) is 5.19. The van der Waals surface area contributed by atoms with E-state index >= 15 is 0 Å². The van der Waals surface area contributed by atoms with Gasteiger partial charge in [0, 0.05) is 25.2 Å². The molecular formula is C20H31FN2O. The van der Waals surface area contributed by atoms with Gasteiger partial charge in [0.05, 0.1) is 13.2 Å². The van der Waals surface area contributed by atoms with Crippen LogP contribution in [0, 0.1) is 11.7 Å². The lowest BCUT2D eigenvalue weighted by Gasteiger charge is -2.45. The highest BCUT2D eigenvalue weighted by Gasteiger charge is 2.31. The van der Waals surface area contributed by atoms with E-state index in [-0.39, 0.29) is 11.4 Å². The zero-order valence-electron chi connectivity index (χ0n) is 15.1. The first kappa shape index (κ1) is 17.8. The molecule has 0 bridgehead atoms. The maximum absolute atomic E-state index is 13.0. The Morgan fingerprint density at radius 2 is 1.67 bits per heavy atom. The van der Waals surface area contributed by atoms with Gasteiger partial charge in [0.2, 0.25) is 0 Å². The lowest BCUT2D eigenvalue weighted by Crippen LogP contribution is -2.56. The minimum absolute atomic E-state index is 0.140. The van der Waals surface area contributed by atoms with Gasteiger partial charge in [-0.05, 0) is 69.8 Å². The number of hydrogen-bond donors (Lipinski definition) is 0. The van der Waals surface area contributed by atoms with Crippen LogP contribution >= 0.6 is 0 Å². The van der Waals surface area contributed by atoms with E-state index in [0.717, 1.165) is 45.2 Å². The largest absolute Gasteiger partial charge is 0.379 e. The van der Waals surface area contributed by atoms with Crippen molar-refractivity contribution in [1.82, 2.24) is 9.80 Å². The van der Waals surface area contributed by atoms with Gasteiger partial charge in [-0.2, -0.15) is 0 Å². The zero-order chi connectivity index (χ0) is 17.0. The van der Waals surface area contributed by atoms with Crippen molar-refractivity contribution in [2.24, 2.45) is 5.92 Å². The molecule has 1 aromatic carbocycles. The molecule has 2 saturated heterocycles. The Kier molecular flexibility index (Phi) is 5.90. The molecule has 0 atom stereocenters. The second kappa shape index (κ2) is 7.94. The van der Waals surface area contributed by atoms with E-state index in [1.54, 1.807) is 12.1 Å². The van der Waals surface area contributed by atoms with Gasteiger partial charge in [0.15, 0.2) is 0 Å². The summed E-state index contributed by atoms with van der Waals surface area (Å²) < 4.78 is 18.5. The summed E-state index contributed by atoms with van der Waals surface area (Å²) in [6.45, 7) is 12.1. The summed E-state index contributed by atoms with van der Waals surface area (Å²) in [6, 6.07) is 7.02. The molecule has 2 aliphatic heterocycles. The Morgan fingerprint density at radius 3 is 2.29 bits per heavy atom. The van der Waals surface area contributed by atoms with Crippen LogP contribution in [0.3, 0.4) is 0 Å². The number of hydrogen-bond acceptors (Lipinski definition) is 3. The Labute approximate surface area is 145 Å². The van der Waals surface area contributed by atoms with Crippen LogP contribution in [0.25, 0.3) is 0 Å². The average molecular weight is 334 g/mol. The standard InChI is InChI=1S/C20H31FN2O/c1-20(2,23-11-13-24-14-12-23)16-22-9-7-18(8-10-22)15-17-3-5-19(21)6-4-17/h3-6,18H,7-16H2,1-2H3. The van der Waals surface area contributed by atoms with Gasteiger partial charge in [-0.25, -0.2) is 4.39 Å². The number of rotatable bonds is 5. The number of likely N-dealkylation sites (tertiary alicyclic amines) is 1. The van der Waals surface area contributed by atoms with Crippen molar-refractivity contribution in [3.05, 3.63) is 35.6 Å². The first-order valence-corrected chi connectivity index (χ1v) is 9.32. The topological polar surface area (TPSA) is 15.7 Å². The van der Waals surface area contributed by atoms with Crippen molar-refractivity contribution < 1.29 is 9.13 Å². The fraction of sp³-hybridized carbons (Fsp3) is 0.700. The summed E-state index contributed by atoms with van der Waals surface area (Å²) in [5.41, 5.74) is 1.48. The minimum atomic E-state index is -0.140. The van der Waals surface area contributed by atoms with Gasteiger partial charge in [-0.15, -0.1) is 0 Å². The zero-order valence-corrected chi connectivity index (χ0v) is 15.1. The van der Waals surface area contributed by atoms with Gasteiger partial charge in [0.25, 0.3) is 0 Å². The predicted molar refractivity (Wildman–Crippen MR) is 95.7 cm³/mol. The smallest absolute Gasteiger partial charge is 0.123 e. The minimum Gasteiger partial charge on any atom is -0.379 e. The van der Waals surface area contributed by atoms with Crippen LogP contribution in [-0.4, -0.2) is 61.3 Å². The Balaban J connectivity index is 1.45. The Bertz CT molecular complexity index is 503. The maximum atomic E-state index is 13.0. The molecule has 134 valence electrons. The highest BCUT2D eigenvalue weighted by Crippen LogP contribution is 2.25. The van der Waals surface area contributed by atoms with E-state index in [1.807, 2.05) is 12.1 Å². The van der Waals surface area contributed by atoms with Crippen LogP contribution in [0.5, 0.6) is 0 Å². The van der Waals surface area contributed by atoms with Crippen LogP contribution in [0.2, 0.25) is 0 Å². The lowest BCUT2D eigenvalue weighted by atomic mass is 9.89. The molecule has 4 heteroatoms. The molecule has 24 heavy (non-hydrogen) atoms. The highest BCUT2D eigenvalue weighted by atomic mass is 19.1. The summed E-state index contributed by atoms with van der Waals surface area (Å²) in [7, 11) is 0. The number of ether oxygens (including phenoxy) is 1. The SMILES string of the molecule is CC(C)(CN1CCC(Cc2ccc(F)cc2)CC1)N1CCOCC1. The van der Waals surface area contributed by atoms with E-state index in [4.69, 9.17) is 4.74 Å². The maximum Gasteiger partial charge on any atom is 0.123 e. The third-order valence-corrected chi connectivity index (χ3v) is 5.62. The number of nitrogens with zero attached hydrogens (tertiary/aromatic N) is 2. The quantitative estimate of drug-likeness (QED) is 0.822. The second-order valence-corrected chi connectivity index (χ2v) is 7.96. The summed E-state index contributed by atoms with van der Waals surface area (Å²) in [5.74, 6) is 0.595. The average Bonchev–Trinajstić information content (AvgIpc) is 2.59. The molecule has 0 radical (unpaired) electrons. The molecule has 3 nitrogen and oxygen atoms in total. The molecule has 0 saturated carbocycles. The van der Waals surface area contributed by atoms with Crippen LogP contribution in [0.15, 0.2) is 24.3 Å². The molecule has 2 aliphatic rings. The number of benzene rings is 1. The molecule has 3 rings (SSSR count). The molecule has 2 heterocycles.